The molecule has 0 unspecified atom stereocenters. The van der Waals surface area contributed by atoms with Crippen LogP contribution in [0, 0.1) is 17.2 Å². The lowest BCUT2D eigenvalue weighted by atomic mass is 10.1. The fourth-order valence-electron chi connectivity index (χ4n) is 2.34. The monoisotopic (exact) mass is 342 g/mol. The maximum Gasteiger partial charge on any atom is 0.185 e. The first-order valence-electron chi connectivity index (χ1n) is 7.91. The summed E-state index contributed by atoms with van der Waals surface area (Å²) in [5.74, 6) is 0.478. The second-order valence-electron chi connectivity index (χ2n) is 6.10. The van der Waals surface area contributed by atoms with Crippen LogP contribution >= 0.6 is 11.8 Å². The minimum atomic E-state index is -0.259. The molecule has 0 aliphatic rings. The number of para-hydroxylation sites is 2. The average Bonchev–Trinajstić information content (AvgIpc) is 2.88. The smallest absolute Gasteiger partial charge is 0.185 e. The third-order valence-corrected chi connectivity index (χ3v) is 4.64. The fourth-order valence-corrected chi connectivity index (χ4v) is 3.25. The second kappa shape index (κ2) is 8.02. The molecule has 1 aromatic carbocycles. The van der Waals surface area contributed by atoms with E-state index in [1.807, 2.05) is 30.3 Å². The van der Waals surface area contributed by atoms with Crippen LogP contribution < -0.4 is 5.73 Å². The van der Waals surface area contributed by atoms with Crippen molar-refractivity contribution in [2.45, 2.75) is 38.9 Å². The molecule has 0 bridgehead atoms. The van der Waals surface area contributed by atoms with Crippen molar-refractivity contribution in [3.05, 3.63) is 35.5 Å². The number of imidazole rings is 1. The first-order chi connectivity index (χ1) is 11.4. The quantitative estimate of drug-likeness (QED) is 0.473. The molecule has 0 spiro atoms. The number of ketones is 1. The molecule has 126 valence electrons. The molecule has 2 rings (SSSR count). The highest BCUT2D eigenvalue weighted by molar-refractivity contribution is 7.99. The molecule has 0 atom stereocenters. The molecule has 2 aromatic rings. The summed E-state index contributed by atoms with van der Waals surface area (Å²) >= 11 is 1.36. The van der Waals surface area contributed by atoms with Gasteiger partial charge in [0.2, 0.25) is 0 Å². The molecule has 0 radical (unpaired) electrons. The van der Waals surface area contributed by atoms with Gasteiger partial charge in [-0.25, -0.2) is 4.98 Å². The summed E-state index contributed by atoms with van der Waals surface area (Å²) in [5.41, 5.74) is 7.88. The van der Waals surface area contributed by atoms with Gasteiger partial charge in [0.25, 0.3) is 0 Å². The first kappa shape index (κ1) is 18.1. The van der Waals surface area contributed by atoms with Crippen molar-refractivity contribution < 1.29 is 4.79 Å². The first-order valence-corrected chi connectivity index (χ1v) is 8.90. The second-order valence-corrected chi connectivity index (χ2v) is 7.04. The lowest BCUT2D eigenvalue weighted by Gasteiger charge is -2.10. The van der Waals surface area contributed by atoms with Crippen LogP contribution in [0.2, 0.25) is 0 Å². The fraction of sp³-hybridized carbons (Fsp3) is 0.389. The zero-order chi connectivity index (χ0) is 17.7. The van der Waals surface area contributed by atoms with Gasteiger partial charge in [0.15, 0.2) is 10.9 Å². The summed E-state index contributed by atoms with van der Waals surface area (Å²) < 4.78 is 2.15. The molecule has 0 aliphatic heterocycles. The topological polar surface area (TPSA) is 84.7 Å². The number of hydrogen-bond acceptors (Lipinski definition) is 5. The lowest BCUT2D eigenvalue weighted by Crippen LogP contribution is -2.11. The molecule has 2 N–H and O–H groups in total. The van der Waals surface area contributed by atoms with Gasteiger partial charge in [-0.15, -0.1) is 0 Å². The molecule has 0 fully saturated rings. The zero-order valence-electron chi connectivity index (χ0n) is 14.2. The largest absolute Gasteiger partial charge is 0.401 e. The minimum Gasteiger partial charge on any atom is -0.401 e. The Balaban J connectivity index is 2.25. The number of allylic oxidation sites excluding steroid dienone is 2. The van der Waals surface area contributed by atoms with Crippen LogP contribution in [0.5, 0.6) is 0 Å². The van der Waals surface area contributed by atoms with Crippen molar-refractivity contribution in [1.29, 1.82) is 5.26 Å². The number of hydrogen-bond donors (Lipinski definition) is 1. The van der Waals surface area contributed by atoms with E-state index in [1.165, 1.54) is 11.8 Å². The van der Waals surface area contributed by atoms with E-state index in [4.69, 9.17) is 11.0 Å². The van der Waals surface area contributed by atoms with Crippen LogP contribution in [-0.2, 0) is 11.3 Å². The van der Waals surface area contributed by atoms with E-state index in [0.717, 1.165) is 29.2 Å². The number of nitrogens with two attached hydrogens (primary N) is 1. The summed E-state index contributed by atoms with van der Waals surface area (Å²) in [6.07, 6.45) is 1.03. The predicted molar refractivity (Wildman–Crippen MR) is 97.4 cm³/mol. The van der Waals surface area contributed by atoms with Crippen LogP contribution in [0.3, 0.4) is 0 Å². The standard InChI is InChI=1S/C18H22N4OS/c1-12(2)8-9-22-16-7-5-4-6-15(16)21-18(22)24-11-17(23)14(10-19)13(3)20/h4-7,12H,8-9,11,20H2,1-3H3/b14-13-. The van der Waals surface area contributed by atoms with Gasteiger partial charge < -0.3 is 10.3 Å². The number of nitriles is 1. The molecule has 0 saturated heterocycles. The Labute approximate surface area is 146 Å². The Kier molecular flexibility index (Phi) is 6.04. The Hall–Kier alpha value is -2.26. The molecule has 1 heterocycles. The van der Waals surface area contributed by atoms with Crippen LogP contribution in [0.4, 0.5) is 0 Å². The molecule has 0 amide bonds. The van der Waals surface area contributed by atoms with Gasteiger partial charge in [-0.1, -0.05) is 37.7 Å². The molecule has 24 heavy (non-hydrogen) atoms. The van der Waals surface area contributed by atoms with Crippen molar-refractivity contribution in [2.24, 2.45) is 11.7 Å². The van der Waals surface area contributed by atoms with Crippen LogP contribution in [0.25, 0.3) is 11.0 Å². The molecular weight excluding hydrogens is 320 g/mol. The highest BCUT2D eigenvalue weighted by Crippen LogP contribution is 2.25. The van der Waals surface area contributed by atoms with Gasteiger partial charge in [0, 0.05) is 12.2 Å². The van der Waals surface area contributed by atoms with Crippen molar-refractivity contribution in [3.63, 3.8) is 0 Å². The molecule has 0 aliphatic carbocycles. The van der Waals surface area contributed by atoms with Crippen molar-refractivity contribution >= 4 is 28.6 Å². The number of aromatic nitrogens is 2. The van der Waals surface area contributed by atoms with Crippen LogP contribution in [0.15, 0.2) is 40.7 Å². The van der Waals surface area contributed by atoms with Gasteiger partial charge in [0.1, 0.15) is 11.6 Å². The highest BCUT2D eigenvalue weighted by atomic mass is 32.2. The summed E-state index contributed by atoms with van der Waals surface area (Å²) in [5, 5.41) is 9.84. The third kappa shape index (κ3) is 4.18. The van der Waals surface area contributed by atoms with E-state index in [0.29, 0.717) is 5.92 Å². The molecule has 1 aromatic heterocycles. The number of carbonyl (C=O) groups is 1. The zero-order valence-corrected chi connectivity index (χ0v) is 15.1. The Morgan fingerprint density at radius 2 is 2.12 bits per heavy atom. The van der Waals surface area contributed by atoms with E-state index < -0.39 is 0 Å². The SMILES string of the molecule is C/C(N)=C(\C#N)C(=O)CSc1nc2ccccc2n1CCC(C)C. The maximum atomic E-state index is 12.2. The van der Waals surface area contributed by atoms with Gasteiger partial charge in [-0.05, 0) is 31.4 Å². The number of Topliss-reactive ketones (excluding diaryl/α,β-unsaturated/α-hetero) is 1. The number of rotatable bonds is 7. The molecule has 0 saturated carbocycles. The number of carbonyl (C=O) groups excluding carboxylic acids is 1. The van der Waals surface area contributed by atoms with Gasteiger partial charge in [-0.2, -0.15) is 5.26 Å². The average molecular weight is 342 g/mol. The molecule has 6 heteroatoms. The minimum absolute atomic E-state index is 0.0346. The summed E-state index contributed by atoms with van der Waals surface area (Å²) in [4.78, 5) is 16.8. The maximum absolute atomic E-state index is 12.2. The Morgan fingerprint density at radius 3 is 2.75 bits per heavy atom. The van der Waals surface area contributed by atoms with E-state index in [2.05, 4.69) is 23.4 Å². The summed E-state index contributed by atoms with van der Waals surface area (Å²) in [7, 11) is 0. The van der Waals surface area contributed by atoms with Crippen molar-refractivity contribution in [2.75, 3.05) is 5.75 Å². The number of thioether (sulfide) groups is 1. The summed E-state index contributed by atoms with van der Waals surface area (Å²) in [6, 6.07) is 9.84. The summed E-state index contributed by atoms with van der Waals surface area (Å²) in [6.45, 7) is 6.79. The predicted octanol–water partition coefficient (Wildman–Crippen LogP) is 3.50. The van der Waals surface area contributed by atoms with Gasteiger partial charge in [-0.3, -0.25) is 4.79 Å². The van der Waals surface area contributed by atoms with E-state index in [-0.39, 0.29) is 22.8 Å². The molecular formula is C18H22N4OS. The normalized spacial score (nSPS) is 12.3. The van der Waals surface area contributed by atoms with Gasteiger partial charge in [0.05, 0.1) is 16.8 Å². The Bertz CT molecular complexity index is 810. The number of fused-ring (bicyclic) bond motifs is 1. The molecule has 5 nitrogen and oxygen atoms in total. The van der Waals surface area contributed by atoms with Crippen LogP contribution in [-0.4, -0.2) is 21.1 Å². The number of nitrogens with zero attached hydrogens (tertiary/aromatic N) is 3. The number of benzene rings is 1. The van der Waals surface area contributed by atoms with E-state index in [9.17, 15) is 4.79 Å². The van der Waals surface area contributed by atoms with Gasteiger partial charge >= 0.3 is 0 Å². The van der Waals surface area contributed by atoms with Crippen LogP contribution in [0.1, 0.15) is 27.2 Å². The number of aryl methyl sites for hydroxylation is 1. The van der Waals surface area contributed by atoms with E-state index in [1.54, 1.807) is 6.92 Å². The van der Waals surface area contributed by atoms with Crippen molar-refractivity contribution in [1.82, 2.24) is 9.55 Å². The van der Waals surface area contributed by atoms with E-state index >= 15 is 0 Å². The highest BCUT2D eigenvalue weighted by Gasteiger charge is 2.16. The third-order valence-electron chi connectivity index (χ3n) is 3.67. The lowest BCUT2D eigenvalue weighted by molar-refractivity contribution is -0.112. The Morgan fingerprint density at radius 1 is 1.42 bits per heavy atom. The van der Waals surface area contributed by atoms with Crippen molar-refractivity contribution in [3.8, 4) is 6.07 Å².